The van der Waals surface area contributed by atoms with Gasteiger partial charge < -0.3 is 10.6 Å². The summed E-state index contributed by atoms with van der Waals surface area (Å²) in [5.74, 6) is 2.77. The molecule has 1 aromatic carbocycles. The zero-order chi connectivity index (χ0) is 14.3. The highest BCUT2D eigenvalue weighted by Gasteiger charge is 2.39. The SMILES string of the molecule is CN(CC1CC2CCC1C2)c1ccc(Cl)cc1C(=N)N. The minimum Gasteiger partial charge on any atom is -0.384 e. The van der Waals surface area contributed by atoms with Crippen LogP contribution in [-0.2, 0) is 0 Å². The molecule has 0 aromatic heterocycles. The summed E-state index contributed by atoms with van der Waals surface area (Å²) in [4.78, 5) is 2.25. The number of anilines is 1. The number of hydrogen-bond acceptors (Lipinski definition) is 2. The van der Waals surface area contributed by atoms with E-state index in [0.717, 1.165) is 35.5 Å². The lowest BCUT2D eigenvalue weighted by Crippen LogP contribution is -2.30. The Morgan fingerprint density at radius 3 is 2.80 bits per heavy atom. The first-order chi connectivity index (χ1) is 9.54. The third-order valence-corrected chi connectivity index (χ3v) is 5.29. The minimum atomic E-state index is 0.0855. The second kappa shape index (κ2) is 5.28. The van der Waals surface area contributed by atoms with Crippen molar-refractivity contribution in [3.8, 4) is 0 Å². The van der Waals surface area contributed by atoms with Crippen molar-refractivity contribution in [3.05, 3.63) is 28.8 Å². The number of nitrogens with zero attached hydrogens (tertiary/aromatic N) is 1. The molecule has 2 aliphatic rings. The van der Waals surface area contributed by atoms with Crippen molar-refractivity contribution in [1.29, 1.82) is 5.41 Å². The molecule has 3 nitrogen and oxygen atoms in total. The molecule has 3 atom stereocenters. The number of fused-ring (bicyclic) bond motifs is 2. The summed E-state index contributed by atoms with van der Waals surface area (Å²) >= 11 is 6.02. The molecule has 0 spiro atoms. The molecule has 0 amide bonds. The van der Waals surface area contributed by atoms with Gasteiger partial charge in [-0.3, -0.25) is 5.41 Å². The van der Waals surface area contributed by atoms with Gasteiger partial charge in [-0.2, -0.15) is 0 Å². The maximum absolute atomic E-state index is 7.73. The number of amidine groups is 1. The van der Waals surface area contributed by atoms with Gasteiger partial charge in [0.25, 0.3) is 0 Å². The van der Waals surface area contributed by atoms with E-state index in [2.05, 4.69) is 11.9 Å². The van der Waals surface area contributed by atoms with Crippen LogP contribution in [0.1, 0.15) is 31.2 Å². The van der Waals surface area contributed by atoms with Crippen molar-refractivity contribution < 1.29 is 0 Å². The van der Waals surface area contributed by atoms with Gasteiger partial charge in [0.05, 0.1) is 0 Å². The van der Waals surface area contributed by atoms with Crippen LogP contribution in [0.2, 0.25) is 5.02 Å². The van der Waals surface area contributed by atoms with Crippen molar-refractivity contribution in [2.45, 2.75) is 25.7 Å². The monoisotopic (exact) mass is 291 g/mol. The Kier molecular flexibility index (Phi) is 3.63. The van der Waals surface area contributed by atoms with Gasteiger partial charge in [0.2, 0.25) is 0 Å². The molecule has 0 heterocycles. The average Bonchev–Trinajstić information content (AvgIpc) is 3.00. The van der Waals surface area contributed by atoms with Gasteiger partial charge >= 0.3 is 0 Å². The number of rotatable bonds is 4. The number of benzene rings is 1. The van der Waals surface area contributed by atoms with Crippen LogP contribution in [0.4, 0.5) is 5.69 Å². The average molecular weight is 292 g/mol. The number of nitrogens with one attached hydrogen (secondary N) is 1. The maximum atomic E-state index is 7.73. The molecule has 2 bridgehead atoms. The highest BCUT2D eigenvalue weighted by atomic mass is 35.5. The van der Waals surface area contributed by atoms with E-state index in [1.165, 1.54) is 25.7 Å². The second-order valence-electron chi connectivity index (χ2n) is 6.39. The summed E-state index contributed by atoms with van der Waals surface area (Å²) in [6, 6.07) is 5.64. The van der Waals surface area contributed by atoms with Gasteiger partial charge in [-0.05, 0) is 55.2 Å². The molecule has 0 aliphatic heterocycles. The van der Waals surface area contributed by atoms with Crippen LogP contribution < -0.4 is 10.6 Å². The highest BCUT2D eigenvalue weighted by molar-refractivity contribution is 6.31. The van der Waals surface area contributed by atoms with Gasteiger partial charge in [0.1, 0.15) is 5.84 Å². The lowest BCUT2D eigenvalue weighted by Gasteiger charge is -2.29. The Hall–Kier alpha value is -1.22. The van der Waals surface area contributed by atoms with Gasteiger partial charge in [-0.15, -0.1) is 0 Å². The topological polar surface area (TPSA) is 53.1 Å². The van der Waals surface area contributed by atoms with E-state index >= 15 is 0 Å². The Balaban J connectivity index is 1.77. The van der Waals surface area contributed by atoms with E-state index in [0.29, 0.717) is 5.02 Å². The first-order valence-electron chi connectivity index (χ1n) is 7.39. The van der Waals surface area contributed by atoms with E-state index < -0.39 is 0 Å². The Morgan fingerprint density at radius 1 is 1.40 bits per heavy atom. The maximum Gasteiger partial charge on any atom is 0.124 e. The Bertz CT molecular complexity index is 528. The fourth-order valence-corrected chi connectivity index (χ4v) is 4.28. The van der Waals surface area contributed by atoms with Crippen LogP contribution in [0.15, 0.2) is 18.2 Å². The van der Waals surface area contributed by atoms with Crippen LogP contribution in [0.3, 0.4) is 0 Å². The van der Waals surface area contributed by atoms with Gasteiger partial charge in [-0.25, -0.2) is 0 Å². The molecule has 0 radical (unpaired) electrons. The molecule has 108 valence electrons. The van der Waals surface area contributed by atoms with Crippen LogP contribution >= 0.6 is 11.6 Å². The molecule has 3 unspecified atom stereocenters. The zero-order valence-corrected chi connectivity index (χ0v) is 12.7. The molecule has 3 N–H and O–H groups in total. The summed E-state index contributed by atoms with van der Waals surface area (Å²) in [5, 5.41) is 8.36. The van der Waals surface area contributed by atoms with E-state index in [1.807, 2.05) is 12.1 Å². The standard InChI is InChI=1S/C16H22ClN3/c1-20(9-12-7-10-2-3-11(12)6-10)15-5-4-13(17)8-14(15)16(18)19/h4-5,8,10-12H,2-3,6-7,9H2,1H3,(H3,18,19). The normalized spacial score (nSPS) is 27.8. The lowest BCUT2D eigenvalue weighted by atomic mass is 9.88. The quantitative estimate of drug-likeness (QED) is 0.659. The summed E-state index contributed by atoms with van der Waals surface area (Å²) in [5.41, 5.74) is 7.45. The molecular formula is C16H22ClN3. The van der Waals surface area contributed by atoms with Crippen molar-refractivity contribution >= 4 is 23.1 Å². The van der Waals surface area contributed by atoms with Crippen molar-refractivity contribution in [3.63, 3.8) is 0 Å². The summed E-state index contributed by atoms with van der Waals surface area (Å²) in [6.45, 7) is 1.06. The molecule has 2 aliphatic carbocycles. The van der Waals surface area contributed by atoms with Crippen molar-refractivity contribution in [1.82, 2.24) is 0 Å². The molecule has 2 saturated carbocycles. The van der Waals surface area contributed by atoms with Crippen LogP contribution in [0.25, 0.3) is 0 Å². The van der Waals surface area contributed by atoms with Crippen LogP contribution in [0.5, 0.6) is 0 Å². The first-order valence-corrected chi connectivity index (χ1v) is 7.77. The third-order valence-electron chi connectivity index (χ3n) is 5.05. The zero-order valence-electron chi connectivity index (χ0n) is 11.9. The molecule has 1 aromatic rings. The molecule has 3 rings (SSSR count). The molecular weight excluding hydrogens is 270 g/mol. The van der Waals surface area contributed by atoms with Crippen LogP contribution in [-0.4, -0.2) is 19.4 Å². The number of nitrogen functional groups attached to an aromatic ring is 1. The molecule has 20 heavy (non-hydrogen) atoms. The van der Waals surface area contributed by atoms with Crippen LogP contribution in [0, 0.1) is 23.2 Å². The predicted octanol–water partition coefficient (Wildman–Crippen LogP) is 3.50. The summed E-state index contributed by atoms with van der Waals surface area (Å²) < 4.78 is 0. The highest BCUT2D eigenvalue weighted by Crippen LogP contribution is 2.48. The fraction of sp³-hybridized carbons (Fsp3) is 0.562. The predicted molar refractivity (Wildman–Crippen MR) is 84.7 cm³/mol. The van der Waals surface area contributed by atoms with Crippen molar-refractivity contribution in [2.75, 3.05) is 18.5 Å². The van der Waals surface area contributed by atoms with Gasteiger partial charge in [-0.1, -0.05) is 18.0 Å². The summed E-state index contributed by atoms with van der Waals surface area (Å²) in [6.07, 6.45) is 5.64. The summed E-state index contributed by atoms with van der Waals surface area (Å²) in [7, 11) is 2.10. The number of hydrogen-bond donors (Lipinski definition) is 2. The minimum absolute atomic E-state index is 0.0855. The lowest BCUT2D eigenvalue weighted by molar-refractivity contribution is 0.337. The van der Waals surface area contributed by atoms with Gasteiger partial charge in [0, 0.05) is 29.9 Å². The third kappa shape index (κ3) is 2.51. The second-order valence-corrected chi connectivity index (χ2v) is 6.83. The Labute approximate surface area is 125 Å². The van der Waals surface area contributed by atoms with Crippen molar-refractivity contribution in [2.24, 2.45) is 23.5 Å². The number of halogens is 1. The largest absolute Gasteiger partial charge is 0.384 e. The molecule has 0 saturated heterocycles. The Morgan fingerprint density at radius 2 is 2.20 bits per heavy atom. The van der Waals surface area contributed by atoms with Gasteiger partial charge in [0.15, 0.2) is 0 Å². The van der Waals surface area contributed by atoms with E-state index in [-0.39, 0.29) is 5.84 Å². The van der Waals surface area contributed by atoms with E-state index in [4.69, 9.17) is 22.7 Å². The first kappa shape index (κ1) is 13.7. The molecule has 4 heteroatoms. The molecule has 2 fully saturated rings. The number of nitrogens with two attached hydrogens (primary N) is 1. The fourth-order valence-electron chi connectivity index (χ4n) is 4.11. The van der Waals surface area contributed by atoms with E-state index in [9.17, 15) is 0 Å². The smallest absolute Gasteiger partial charge is 0.124 e. The van der Waals surface area contributed by atoms with E-state index in [1.54, 1.807) is 6.07 Å².